The minimum absolute atomic E-state index is 0.0483. The molecule has 4 N–H and O–H groups in total. The third kappa shape index (κ3) is 3.19. The van der Waals surface area contributed by atoms with Crippen LogP contribution < -0.4 is 11.1 Å². The first kappa shape index (κ1) is 14.2. The van der Waals surface area contributed by atoms with Crippen LogP contribution in [-0.2, 0) is 4.79 Å². The lowest BCUT2D eigenvalue weighted by Gasteiger charge is -2.30. The lowest BCUT2D eigenvalue weighted by atomic mass is 9.83. The first-order valence-corrected chi connectivity index (χ1v) is 7.23. The maximum atomic E-state index is 12.2. The lowest BCUT2D eigenvalue weighted by molar-refractivity contribution is -0.123. The molecular formula is C14H25N3O2. The quantitative estimate of drug-likeness (QED) is 0.314. The van der Waals surface area contributed by atoms with E-state index in [2.05, 4.69) is 24.3 Å². The van der Waals surface area contributed by atoms with E-state index in [9.17, 15) is 4.79 Å². The minimum Gasteiger partial charge on any atom is -0.409 e. The number of rotatable bonds is 4. The number of carbonyl (C=O) groups is 1. The van der Waals surface area contributed by atoms with Crippen LogP contribution in [0.2, 0.25) is 0 Å². The third-order valence-corrected chi connectivity index (χ3v) is 4.68. The van der Waals surface area contributed by atoms with Crippen molar-refractivity contribution >= 4 is 11.7 Å². The summed E-state index contributed by atoms with van der Waals surface area (Å²) in [5.74, 6) is 0.562. The van der Waals surface area contributed by atoms with Gasteiger partial charge in [-0.05, 0) is 30.6 Å². The molecule has 0 aromatic carbocycles. The molecule has 2 atom stereocenters. The standard InChI is InChI=1S/C14H25N3O2/c1-14(2)8-10(14)13(18)16-11(12(15)17-19)9-6-4-3-5-7-9/h9-11,19H,3-8H2,1-2H3,(H2,15,17)(H,16,18). The zero-order valence-corrected chi connectivity index (χ0v) is 11.9. The first-order chi connectivity index (χ1) is 8.95. The molecule has 0 aliphatic heterocycles. The predicted octanol–water partition coefficient (Wildman–Crippen LogP) is 1.84. The van der Waals surface area contributed by atoms with Gasteiger partial charge in [0.2, 0.25) is 5.91 Å². The van der Waals surface area contributed by atoms with Crippen molar-refractivity contribution < 1.29 is 10.0 Å². The molecule has 0 radical (unpaired) electrons. The molecule has 108 valence electrons. The summed E-state index contributed by atoms with van der Waals surface area (Å²) < 4.78 is 0. The summed E-state index contributed by atoms with van der Waals surface area (Å²) in [4.78, 5) is 12.2. The van der Waals surface area contributed by atoms with Crippen LogP contribution in [0.15, 0.2) is 5.16 Å². The zero-order chi connectivity index (χ0) is 14.0. The van der Waals surface area contributed by atoms with Gasteiger partial charge in [-0.3, -0.25) is 4.79 Å². The second-order valence-electron chi connectivity index (χ2n) is 6.65. The summed E-state index contributed by atoms with van der Waals surface area (Å²) in [7, 11) is 0. The van der Waals surface area contributed by atoms with E-state index in [0.29, 0.717) is 5.92 Å². The van der Waals surface area contributed by atoms with Crippen LogP contribution in [0, 0.1) is 17.3 Å². The SMILES string of the molecule is CC1(C)CC1C(=O)NC(C(N)=NO)C1CCCCC1. The van der Waals surface area contributed by atoms with Crippen LogP contribution in [0.3, 0.4) is 0 Å². The number of hydrogen-bond donors (Lipinski definition) is 3. The fourth-order valence-electron chi connectivity index (χ4n) is 3.13. The molecule has 2 saturated carbocycles. The Labute approximate surface area is 114 Å². The Morgan fingerprint density at radius 2 is 1.95 bits per heavy atom. The van der Waals surface area contributed by atoms with E-state index in [1.54, 1.807) is 0 Å². The number of amides is 1. The largest absolute Gasteiger partial charge is 0.409 e. The van der Waals surface area contributed by atoms with Crippen LogP contribution >= 0.6 is 0 Å². The number of amidine groups is 1. The van der Waals surface area contributed by atoms with Gasteiger partial charge in [0.25, 0.3) is 0 Å². The summed E-state index contributed by atoms with van der Waals surface area (Å²) in [6, 6.07) is -0.311. The highest BCUT2D eigenvalue weighted by Gasteiger charge is 2.51. The Morgan fingerprint density at radius 3 is 2.42 bits per heavy atom. The molecule has 0 spiro atoms. The monoisotopic (exact) mass is 267 g/mol. The summed E-state index contributed by atoms with van der Waals surface area (Å²) in [6.45, 7) is 4.19. The van der Waals surface area contributed by atoms with E-state index in [-0.39, 0.29) is 29.1 Å². The van der Waals surface area contributed by atoms with Crippen molar-refractivity contribution in [3.05, 3.63) is 0 Å². The highest BCUT2D eigenvalue weighted by molar-refractivity contribution is 5.92. The maximum absolute atomic E-state index is 12.2. The van der Waals surface area contributed by atoms with Crippen molar-refractivity contribution in [1.82, 2.24) is 5.32 Å². The lowest BCUT2D eigenvalue weighted by Crippen LogP contribution is -2.50. The van der Waals surface area contributed by atoms with E-state index < -0.39 is 0 Å². The van der Waals surface area contributed by atoms with E-state index in [0.717, 1.165) is 32.1 Å². The van der Waals surface area contributed by atoms with Crippen molar-refractivity contribution in [2.75, 3.05) is 0 Å². The molecule has 0 heterocycles. The van der Waals surface area contributed by atoms with Crippen molar-refractivity contribution in [3.8, 4) is 0 Å². The predicted molar refractivity (Wildman–Crippen MR) is 73.8 cm³/mol. The van der Waals surface area contributed by atoms with E-state index in [1.165, 1.54) is 6.42 Å². The number of nitrogens with two attached hydrogens (primary N) is 1. The zero-order valence-electron chi connectivity index (χ0n) is 11.9. The van der Waals surface area contributed by atoms with Gasteiger partial charge in [0, 0.05) is 5.92 Å². The number of nitrogens with one attached hydrogen (secondary N) is 1. The van der Waals surface area contributed by atoms with Crippen molar-refractivity contribution in [2.45, 2.75) is 58.4 Å². The van der Waals surface area contributed by atoms with Gasteiger partial charge in [0.05, 0.1) is 6.04 Å². The molecule has 5 heteroatoms. The molecular weight excluding hydrogens is 242 g/mol. The molecule has 5 nitrogen and oxygen atoms in total. The third-order valence-electron chi connectivity index (χ3n) is 4.68. The van der Waals surface area contributed by atoms with Gasteiger partial charge in [-0.25, -0.2) is 0 Å². The molecule has 19 heavy (non-hydrogen) atoms. The molecule has 2 rings (SSSR count). The Bertz CT molecular complexity index is 373. The maximum Gasteiger partial charge on any atom is 0.224 e. The fraction of sp³-hybridized carbons (Fsp3) is 0.857. The summed E-state index contributed by atoms with van der Waals surface area (Å²) >= 11 is 0. The Hall–Kier alpha value is -1.26. The van der Waals surface area contributed by atoms with Gasteiger partial charge in [0.1, 0.15) is 0 Å². The first-order valence-electron chi connectivity index (χ1n) is 7.23. The van der Waals surface area contributed by atoms with Crippen molar-refractivity contribution in [1.29, 1.82) is 0 Å². The Kier molecular flexibility index (Phi) is 4.02. The number of carbonyl (C=O) groups excluding carboxylic acids is 1. The molecule has 0 aromatic heterocycles. The van der Waals surface area contributed by atoms with Gasteiger partial charge in [0.15, 0.2) is 5.84 Å². The molecule has 1 amide bonds. The van der Waals surface area contributed by atoms with Gasteiger partial charge in [-0.2, -0.15) is 0 Å². The van der Waals surface area contributed by atoms with Crippen LogP contribution in [-0.4, -0.2) is 23.0 Å². The van der Waals surface area contributed by atoms with Crippen LogP contribution in [0.4, 0.5) is 0 Å². The summed E-state index contributed by atoms with van der Waals surface area (Å²) in [5, 5.41) is 15.0. The van der Waals surface area contributed by atoms with E-state index in [1.807, 2.05) is 0 Å². The molecule has 2 aliphatic rings. The average Bonchev–Trinajstić information content (AvgIpc) is 3.05. The Balaban J connectivity index is 2.00. The van der Waals surface area contributed by atoms with E-state index >= 15 is 0 Å². The van der Waals surface area contributed by atoms with Crippen molar-refractivity contribution in [3.63, 3.8) is 0 Å². The van der Waals surface area contributed by atoms with Crippen LogP contribution in [0.5, 0.6) is 0 Å². The second-order valence-corrected chi connectivity index (χ2v) is 6.65. The van der Waals surface area contributed by atoms with Gasteiger partial charge in [-0.1, -0.05) is 38.3 Å². The van der Waals surface area contributed by atoms with E-state index in [4.69, 9.17) is 10.9 Å². The average molecular weight is 267 g/mol. The number of oxime groups is 1. The molecule has 2 fully saturated rings. The van der Waals surface area contributed by atoms with Gasteiger partial charge < -0.3 is 16.3 Å². The highest BCUT2D eigenvalue weighted by atomic mass is 16.4. The Morgan fingerprint density at radius 1 is 1.37 bits per heavy atom. The highest BCUT2D eigenvalue weighted by Crippen LogP contribution is 2.51. The van der Waals surface area contributed by atoms with Gasteiger partial charge in [-0.15, -0.1) is 0 Å². The van der Waals surface area contributed by atoms with Gasteiger partial charge >= 0.3 is 0 Å². The summed E-state index contributed by atoms with van der Waals surface area (Å²) in [5.41, 5.74) is 5.87. The summed E-state index contributed by atoms with van der Waals surface area (Å²) in [6.07, 6.45) is 6.55. The smallest absolute Gasteiger partial charge is 0.224 e. The molecule has 2 unspecified atom stereocenters. The normalized spacial score (nSPS) is 28.7. The molecule has 0 bridgehead atoms. The van der Waals surface area contributed by atoms with Crippen LogP contribution in [0.1, 0.15) is 52.4 Å². The number of nitrogens with zero attached hydrogens (tertiary/aromatic N) is 1. The van der Waals surface area contributed by atoms with Crippen LogP contribution in [0.25, 0.3) is 0 Å². The minimum atomic E-state index is -0.311. The second kappa shape index (κ2) is 5.39. The fourth-order valence-corrected chi connectivity index (χ4v) is 3.13. The molecule has 0 saturated heterocycles. The topological polar surface area (TPSA) is 87.7 Å². The number of hydrogen-bond acceptors (Lipinski definition) is 3. The molecule has 0 aromatic rings. The molecule has 2 aliphatic carbocycles. The van der Waals surface area contributed by atoms with Crippen molar-refractivity contribution in [2.24, 2.45) is 28.1 Å².